The molecule has 0 spiro atoms. The fourth-order valence-electron chi connectivity index (χ4n) is 0. The van der Waals surface area contributed by atoms with Gasteiger partial charge < -0.3 is 0 Å². The van der Waals surface area contributed by atoms with Gasteiger partial charge in [-0.3, -0.25) is 0 Å². The molecule has 0 rings (SSSR count). The van der Waals surface area contributed by atoms with E-state index in [4.69, 9.17) is 91.0 Å². The van der Waals surface area contributed by atoms with Crippen molar-refractivity contribution in [1.82, 2.24) is 0 Å². The van der Waals surface area contributed by atoms with Crippen LogP contribution >= 0.6 is 0 Å². The van der Waals surface area contributed by atoms with E-state index in [-0.39, 0.29) is 89.1 Å². The first-order chi connectivity index (χ1) is 15.6. The van der Waals surface area contributed by atoms with E-state index in [2.05, 4.69) is 0 Å². The molecule has 0 amide bonds. The summed E-state index contributed by atoms with van der Waals surface area (Å²) < 4.78 is 233. The second-order valence-electron chi connectivity index (χ2n) is 2.01. The maximum absolute atomic E-state index is 8.62. The summed E-state index contributed by atoms with van der Waals surface area (Å²) in [5.41, 5.74) is 0. The summed E-state index contributed by atoms with van der Waals surface area (Å²) in [4.78, 5) is 0. The van der Waals surface area contributed by atoms with E-state index >= 15 is 0 Å². The van der Waals surface area contributed by atoms with Gasteiger partial charge in [0.15, 0.2) is 0 Å². The van der Waals surface area contributed by atoms with Crippen molar-refractivity contribution in [1.29, 1.82) is 0 Å². The van der Waals surface area contributed by atoms with E-state index in [0.29, 0.717) is 0 Å². The molecule has 0 heterocycles. The van der Waals surface area contributed by atoms with Crippen LogP contribution in [0.25, 0.3) is 0 Å². The molecule has 0 aliphatic rings. The molecule has 0 aromatic heterocycles. The van der Waals surface area contributed by atoms with Gasteiger partial charge in [0.05, 0.1) is 0 Å². The predicted molar refractivity (Wildman–Crippen MR) is 18.1 cm³/mol. The normalized spacial score (nSPS) is 5.77. The van der Waals surface area contributed by atoms with Crippen molar-refractivity contribution in [2.45, 2.75) is 0 Å². The molecule has 0 saturated heterocycles. The van der Waals surface area contributed by atoms with Crippen molar-refractivity contribution in [2.75, 3.05) is 0 Å². The Kier molecular flexibility index (Phi) is 153. The van der Waals surface area contributed by atoms with Gasteiger partial charge in [0, 0.05) is 0 Å². The Bertz CT molecular complexity index is 770. The van der Waals surface area contributed by atoms with E-state index in [1.54, 1.807) is 0 Å². The second kappa shape index (κ2) is 74.5. The standard InChI is InChI=1S/La.27O.Pb.9Ta.Zr/q+3;;;;;;;;;;;;;;;;;;;9*-1;+2;;;;;;;;;;+4. The van der Waals surface area contributed by atoms with E-state index < -0.39 is 169 Å². The Balaban J connectivity index is -0.0000000208. The molecule has 0 unspecified atom stereocenters. The SMILES string of the molecule is [La+3].[O]=[Ta](=[O])[O-].[O]=[Ta](=[O])[O-].[O]=[Ta](=[O])[O-].[O]=[Ta](=[O])[O-].[O]=[Ta](=[O])[O-].[O]=[Ta](=[O])[O-].[O]=[Ta](=[O])[O-].[O]=[Ta](=[O])[O-].[O]=[Ta](=[O])[O-].[Pb+2].[Zr+4]. The Labute approximate surface area is 341 Å². The summed E-state index contributed by atoms with van der Waals surface area (Å²) in [5, 5.41) is 0. The quantitative estimate of drug-likeness (QED) is 0.203. The van der Waals surface area contributed by atoms with Gasteiger partial charge in [-0.15, -0.1) is 0 Å². The monoisotopic (exact) mass is 2500 g/mol. The molecule has 0 atom stereocenters. The fourth-order valence-corrected chi connectivity index (χ4v) is 0. The van der Waals surface area contributed by atoms with Crippen LogP contribution in [0, 0.1) is 35.6 Å². The third-order valence-electron chi connectivity index (χ3n) is 0. The molecule has 27 nitrogen and oxygen atoms in total. The molecule has 39 heteroatoms. The molecule has 0 aliphatic carbocycles. The summed E-state index contributed by atoms with van der Waals surface area (Å²) in [6.45, 7) is 0. The maximum Gasteiger partial charge on any atom is 4.00 e. The van der Waals surface area contributed by atoms with Crippen LogP contribution in [0.4, 0.5) is 0 Å². The predicted octanol–water partition coefficient (Wildman–Crippen LogP) is -13.2. The molecular formula is LaO27PbTa9Zr. The molecule has 218 valence electrons. The van der Waals surface area contributed by atoms with E-state index in [9.17, 15) is 0 Å². The van der Waals surface area contributed by atoms with E-state index in [0.717, 1.165) is 0 Å². The maximum atomic E-state index is 8.62. The minimum absolute atomic E-state index is 0. The van der Waals surface area contributed by atoms with Gasteiger partial charge in [-0.1, -0.05) is 0 Å². The van der Waals surface area contributed by atoms with Gasteiger partial charge in [0.1, 0.15) is 0 Å². The van der Waals surface area contributed by atoms with Gasteiger partial charge in [-0.25, -0.2) is 0 Å². The van der Waals surface area contributed by atoms with Crippen LogP contribution in [-0.4, -0.2) is 27.3 Å². The zero-order valence-electron chi connectivity index (χ0n) is 16.6. The molecule has 0 bridgehead atoms. The first-order valence-electron chi connectivity index (χ1n) is 4.93. The van der Waals surface area contributed by atoms with E-state index in [1.807, 2.05) is 0 Å². The topological polar surface area (TPSA) is 515 Å². The molecule has 0 aromatic rings. The van der Waals surface area contributed by atoms with Gasteiger partial charge in [-0.05, 0) is 0 Å². The first kappa shape index (κ1) is 79.8. The Morgan fingerprint density at radius 2 is 0.231 bits per heavy atom. The van der Waals surface area contributed by atoms with Crippen molar-refractivity contribution < 1.29 is 322 Å². The average Bonchev–Trinajstić information content (AvgIpc) is 2.39. The van der Waals surface area contributed by atoms with Crippen molar-refractivity contribution >= 4 is 27.3 Å². The van der Waals surface area contributed by atoms with Crippen LogP contribution in [-0.2, 0) is 254 Å². The van der Waals surface area contributed by atoms with Crippen LogP contribution in [0.5, 0.6) is 0 Å². The fraction of sp³-hybridized carbons (Fsp3) is 0. The van der Waals surface area contributed by atoms with Gasteiger partial charge in [0.2, 0.25) is 0 Å². The summed E-state index contributed by atoms with van der Waals surface area (Å²) in [7, 11) is 0. The summed E-state index contributed by atoms with van der Waals surface area (Å²) in [6.07, 6.45) is 0. The van der Waals surface area contributed by atoms with Crippen molar-refractivity contribution in [2.24, 2.45) is 0 Å². The Morgan fingerprint density at radius 1 is 0.231 bits per heavy atom. The average molecular weight is 2500 g/mol. The third kappa shape index (κ3) is 2340. The van der Waals surface area contributed by atoms with Gasteiger partial charge in [0.25, 0.3) is 0 Å². The molecular weight excluding hydrogens is 2500 g/mol. The van der Waals surface area contributed by atoms with Crippen molar-refractivity contribution in [3.63, 3.8) is 0 Å². The van der Waals surface area contributed by atoms with Gasteiger partial charge >= 0.3 is 349 Å². The largest absolute Gasteiger partial charge is 4.00 e. The van der Waals surface area contributed by atoms with Crippen LogP contribution in [0.15, 0.2) is 0 Å². The van der Waals surface area contributed by atoms with Crippen molar-refractivity contribution in [3.05, 3.63) is 0 Å². The zero-order chi connectivity index (χ0) is 32.2. The zero-order valence-corrected chi connectivity index (χ0v) is 55.5. The molecule has 0 N–H and O–H groups in total. The first-order valence-corrected chi connectivity index (χ1v) is 40.3. The molecule has 0 saturated carbocycles. The van der Waals surface area contributed by atoms with Crippen LogP contribution in [0.1, 0.15) is 0 Å². The summed E-state index contributed by atoms with van der Waals surface area (Å²) in [5.74, 6) is 0. The second-order valence-corrected chi connectivity index (χ2v) is 16.5. The number of hydrogen-bond acceptors (Lipinski definition) is 27. The smallest absolute Gasteiger partial charge is 2.00 e. The van der Waals surface area contributed by atoms with Crippen LogP contribution in [0.3, 0.4) is 0 Å². The molecule has 0 aromatic carbocycles. The minimum Gasteiger partial charge on any atom is 2.00 e. The molecule has 0 fully saturated rings. The summed E-state index contributed by atoms with van der Waals surface area (Å²) >= 11 is -39.1. The molecule has 0 aliphatic heterocycles. The Morgan fingerprint density at radius 3 is 0.231 bits per heavy atom. The van der Waals surface area contributed by atoms with Gasteiger partial charge in [-0.2, -0.15) is 0 Å². The Hall–Kier alpha value is 5.70. The third-order valence-corrected chi connectivity index (χ3v) is 0. The molecule has 2 radical (unpaired) electrons. The van der Waals surface area contributed by atoms with Crippen LogP contribution in [0.2, 0.25) is 0 Å². The number of rotatable bonds is 0. The van der Waals surface area contributed by atoms with E-state index in [1.165, 1.54) is 0 Å². The molecule has 39 heavy (non-hydrogen) atoms. The number of hydrogen-bond donors (Lipinski definition) is 0. The summed E-state index contributed by atoms with van der Waals surface area (Å²) in [6, 6.07) is 0. The van der Waals surface area contributed by atoms with Crippen molar-refractivity contribution in [3.8, 4) is 0 Å². The van der Waals surface area contributed by atoms with Crippen LogP contribution < -0.4 is 32.5 Å². The minimum atomic E-state index is -4.34.